The van der Waals surface area contributed by atoms with Gasteiger partial charge in [0.15, 0.2) is 0 Å². The van der Waals surface area contributed by atoms with Gasteiger partial charge in [0.1, 0.15) is 5.54 Å². The van der Waals surface area contributed by atoms with Gasteiger partial charge in [0, 0.05) is 4.88 Å². The number of aryl methyl sites for hydroxylation is 1. The van der Waals surface area contributed by atoms with Gasteiger partial charge < -0.3 is 10.4 Å². The third-order valence-corrected chi connectivity index (χ3v) is 5.30. The van der Waals surface area contributed by atoms with Crippen LogP contribution in [-0.2, 0) is 17.6 Å². The molecule has 0 bridgehead atoms. The zero-order chi connectivity index (χ0) is 13.6. The van der Waals surface area contributed by atoms with E-state index in [2.05, 4.69) is 12.2 Å². The van der Waals surface area contributed by atoms with Gasteiger partial charge in [-0.3, -0.25) is 4.79 Å². The molecular weight excluding hydrogens is 262 g/mol. The molecule has 102 valence electrons. The van der Waals surface area contributed by atoms with E-state index in [-0.39, 0.29) is 5.91 Å². The number of aliphatic carboxylic acids is 1. The Balaban J connectivity index is 1.76. The van der Waals surface area contributed by atoms with Crippen LogP contribution in [0, 0.1) is 5.92 Å². The standard InChI is InChI=1S/C14H17NO3S/c1-8-2-3-10-9(6-8)7-11(19-10)12(16)15-14(4-5-14)13(17)18/h7-8H,2-6H2,1H3,(H,15,16)(H,17,18). The lowest BCUT2D eigenvalue weighted by Gasteiger charge is -2.16. The largest absolute Gasteiger partial charge is 0.480 e. The van der Waals surface area contributed by atoms with Crippen LogP contribution in [0.1, 0.15) is 46.3 Å². The van der Waals surface area contributed by atoms with Crippen LogP contribution in [-0.4, -0.2) is 22.5 Å². The van der Waals surface area contributed by atoms with E-state index in [1.54, 1.807) is 0 Å². The number of fused-ring (bicyclic) bond motifs is 1. The van der Waals surface area contributed by atoms with Crippen molar-refractivity contribution < 1.29 is 14.7 Å². The van der Waals surface area contributed by atoms with Gasteiger partial charge in [-0.1, -0.05) is 6.92 Å². The number of carboxylic acids is 1. The highest BCUT2D eigenvalue weighted by Gasteiger charge is 2.51. The third kappa shape index (κ3) is 2.27. The molecule has 0 aliphatic heterocycles. The molecule has 0 spiro atoms. The summed E-state index contributed by atoms with van der Waals surface area (Å²) in [5.41, 5.74) is 0.281. The normalized spacial score (nSPS) is 23.5. The zero-order valence-electron chi connectivity index (χ0n) is 10.9. The first-order valence-electron chi connectivity index (χ1n) is 6.68. The summed E-state index contributed by atoms with van der Waals surface area (Å²) in [7, 11) is 0. The highest BCUT2D eigenvalue weighted by Crippen LogP contribution is 2.37. The maximum absolute atomic E-state index is 12.1. The van der Waals surface area contributed by atoms with Crippen LogP contribution in [0.5, 0.6) is 0 Å². The maximum atomic E-state index is 12.1. The quantitative estimate of drug-likeness (QED) is 0.891. The van der Waals surface area contributed by atoms with Crippen LogP contribution in [0.2, 0.25) is 0 Å². The molecule has 2 aliphatic carbocycles. The van der Waals surface area contributed by atoms with Crippen molar-refractivity contribution in [1.82, 2.24) is 5.32 Å². The molecule has 1 aromatic rings. The lowest BCUT2D eigenvalue weighted by molar-refractivity contribution is -0.140. The molecule has 0 radical (unpaired) electrons. The summed E-state index contributed by atoms with van der Waals surface area (Å²) < 4.78 is 0. The number of hydrogen-bond acceptors (Lipinski definition) is 3. The Bertz CT molecular complexity index is 545. The van der Waals surface area contributed by atoms with Gasteiger partial charge in [-0.2, -0.15) is 0 Å². The van der Waals surface area contributed by atoms with Gasteiger partial charge in [0.2, 0.25) is 0 Å². The van der Waals surface area contributed by atoms with Crippen LogP contribution in [0.3, 0.4) is 0 Å². The topological polar surface area (TPSA) is 66.4 Å². The smallest absolute Gasteiger partial charge is 0.329 e. The minimum atomic E-state index is -0.991. The van der Waals surface area contributed by atoms with Crippen molar-refractivity contribution in [3.63, 3.8) is 0 Å². The molecule has 3 rings (SSSR count). The molecule has 1 amide bonds. The van der Waals surface area contributed by atoms with E-state index in [1.807, 2.05) is 6.07 Å². The van der Waals surface area contributed by atoms with Crippen molar-refractivity contribution in [2.45, 2.75) is 44.6 Å². The predicted octanol–water partition coefficient (Wildman–Crippen LogP) is 2.22. The van der Waals surface area contributed by atoms with Crippen molar-refractivity contribution >= 4 is 23.2 Å². The van der Waals surface area contributed by atoms with Gasteiger partial charge in [0.25, 0.3) is 5.91 Å². The molecule has 1 saturated carbocycles. The second kappa shape index (κ2) is 4.34. The van der Waals surface area contributed by atoms with Crippen LogP contribution in [0.4, 0.5) is 0 Å². The molecule has 1 fully saturated rings. The highest BCUT2D eigenvalue weighted by molar-refractivity contribution is 7.14. The molecule has 19 heavy (non-hydrogen) atoms. The van der Waals surface area contributed by atoms with E-state index in [0.29, 0.717) is 23.6 Å². The number of carboxylic acid groups (broad SMARTS) is 1. The molecule has 1 unspecified atom stereocenters. The van der Waals surface area contributed by atoms with Gasteiger partial charge >= 0.3 is 5.97 Å². The fourth-order valence-corrected chi connectivity index (χ4v) is 3.72. The summed E-state index contributed by atoms with van der Waals surface area (Å²) >= 11 is 1.52. The van der Waals surface area contributed by atoms with E-state index < -0.39 is 11.5 Å². The number of thiophene rings is 1. The SMILES string of the molecule is CC1CCc2sc(C(=O)NC3(C(=O)O)CC3)cc2C1. The fourth-order valence-electron chi connectivity index (χ4n) is 2.61. The molecule has 0 aromatic carbocycles. The minimum Gasteiger partial charge on any atom is -0.480 e. The summed E-state index contributed by atoms with van der Waals surface area (Å²) in [6.07, 6.45) is 4.32. The second-order valence-electron chi connectivity index (χ2n) is 5.75. The first kappa shape index (κ1) is 12.7. The molecular formula is C14H17NO3S. The van der Waals surface area contributed by atoms with E-state index in [0.717, 1.165) is 12.8 Å². The maximum Gasteiger partial charge on any atom is 0.329 e. The van der Waals surface area contributed by atoms with Crippen LogP contribution < -0.4 is 5.32 Å². The Kier molecular flexibility index (Phi) is 2.89. The van der Waals surface area contributed by atoms with E-state index in [4.69, 9.17) is 5.11 Å². The lowest BCUT2D eigenvalue weighted by Crippen LogP contribution is -2.42. The zero-order valence-corrected chi connectivity index (χ0v) is 11.7. The average molecular weight is 279 g/mol. The van der Waals surface area contributed by atoms with Gasteiger partial charge in [-0.15, -0.1) is 11.3 Å². The van der Waals surface area contributed by atoms with Crippen LogP contribution in [0.15, 0.2) is 6.07 Å². The first-order valence-corrected chi connectivity index (χ1v) is 7.49. The Morgan fingerprint density at radius 3 is 2.84 bits per heavy atom. The van der Waals surface area contributed by atoms with Crippen LogP contribution in [0.25, 0.3) is 0 Å². The number of carbonyl (C=O) groups excluding carboxylic acids is 1. The number of nitrogens with one attached hydrogen (secondary N) is 1. The summed E-state index contributed by atoms with van der Waals surface area (Å²) in [6.45, 7) is 2.23. The van der Waals surface area contributed by atoms with Crippen molar-refractivity contribution in [1.29, 1.82) is 0 Å². The molecule has 5 heteroatoms. The Labute approximate surface area is 115 Å². The Hall–Kier alpha value is -1.36. The van der Waals surface area contributed by atoms with Crippen molar-refractivity contribution in [3.05, 3.63) is 21.4 Å². The highest BCUT2D eigenvalue weighted by atomic mass is 32.1. The van der Waals surface area contributed by atoms with Gasteiger partial charge in [-0.25, -0.2) is 4.79 Å². The van der Waals surface area contributed by atoms with Crippen molar-refractivity contribution in [2.24, 2.45) is 5.92 Å². The molecule has 2 aliphatic rings. The van der Waals surface area contributed by atoms with E-state index in [1.165, 1.54) is 28.2 Å². The minimum absolute atomic E-state index is 0.230. The van der Waals surface area contributed by atoms with E-state index >= 15 is 0 Å². The molecule has 1 aromatic heterocycles. The summed E-state index contributed by atoms with van der Waals surface area (Å²) in [4.78, 5) is 25.2. The number of hydrogen-bond donors (Lipinski definition) is 2. The summed E-state index contributed by atoms with van der Waals surface area (Å²) in [5.74, 6) is -0.477. The fraction of sp³-hybridized carbons (Fsp3) is 0.571. The number of rotatable bonds is 3. The van der Waals surface area contributed by atoms with Crippen molar-refractivity contribution in [3.8, 4) is 0 Å². The molecule has 2 N–H and O–H groups in total. The second-order valence-corrected chi connectivity index (χ2v) is 6.89. The molecule has 4 nitrogen and oxygen atoms in total. The first-order chi connectivity index (χ1) is 9.00. The molecule has 1 heterocycles. The molecule has 1 atom stereocenters. The average Bonchev–Trinajstić information content (AvgIpc) is 3.01. The summed E-state index contributed by atoms with van der Waals surface area (Å²) in [6, 6.07) is 1.95. The summed E-state index contributed by atoms with van der Waals surface area (Å²) in [5, 5.41) is 11.8. The van der Waals surface area contributed by atoms with Crippen LogP contribution >= 0.6 is 11.3 Å². The third-order valence-electron chi connectivity index (χ3n) is 4.07. The number of amides is 1. The Morgan fingerprint density at radius 1 is 1.47 bits per heavy atom. The van der Waals surface area contributed by atoms with Gasteiger partial charge in [0.05, 0.1) is 4.88 Å². The monoisotopic (exact) mass is 279 g/mol. The molecule has 0 saturated heterocycles. The predicted molar refractivity (Wildman–Crippen MR) is 72.6 cm³/mol. The van der Waals surface area contributed by atoms with E-state index in [9.17, 15) is 9.59 Å². The number of carbonyl (C=O) groups is 2. The van der Waals surface area contributed by atoms with Crippen molar-refractivity contribution in [2.75, 3.05) is 0 Å². The lowest BCUT2D eigenvalue weighted by atomic mass is 9.90. The van der Waals surface area contributed by atoms with Gasteiger partial charge in [-0.05, 0) is 49.7 Å². The Morgan fingerprint density at radius 2 is 2.21 bits per heavy atom.